The SMILES string of the molecule is COCCN1C(=O)[C@@H]2[C@H](CCC(=O)O)N[C@@]3(C(=O)Nc4ccc(F)cc43)[C@H]2C1=O. The number of methoxy groups -OCH3 is 1. The second-order valence-corrected chi connectivity index (χ2v) is 7.46. The van der Waals surface area contributed by atoms with Crippen molar-refractivity contribution in [2.75, 3.05) is 25.6 Å². The molecule has 10 heteroatoms. The minimum Gasteiger partial charge on any atom is -0.481 e. The normalized spacial score (nSPS) is 30.1. The number of likely N-dealkylation sites (tertiary alicyclic amines) is 1. The highest BCUT2D eigenvalue weighted by Gasteiger charge is 2.70. The second kappa shape index (κ2) is 6.89. The van der Waals surface area contributed by atoms with E-state index in [4.69, 9.17) is 9.84 Å². The number of hydrogen-bond donors (Lipinski definition) is 3. The van der Waals surface area contributed by atoms with Crippen LogP contribution < -0.4 is 10.6 Å². The molecule has 2 saturated heterocycles. The van der Waals surface area contributed by atoms with E-state index in [1.54, 1.807) is 0 Å². The molecule has 1 spiro atoms. The van der Waals surface area contributed by atoms with Crippen LogP contribution in [0, 0.1) is 17.7 Å². The molecular weight excluding hydrogens is 385 g/mol. The highest BCUT2D eigenvalue weighted by atomic mass is 19.1. The number of halogens is 1. The van der Waals surface area contributed by atoms with Gasteiger partial charge in [-0.15, -0.1) is 0 Å². The number of carbonyl (C=O) groups is 4. The number of nitrogens with one attached hydrogen (secondary N) is 2. The number of fused-ring (bicyclic) bond motifs is 4. The third-order valence-corrected chi connectivity index (χ3v) is 5.96. The van der Waals surface area contributed by atoms with Crippen molar-refractivity contribution in [1.29, 1.82) is 0 Å². The van der Waals surface area contributed by atoms with Gasteiger partial charge in [0.1, 0.15) is 11.4 Å². The molecular formula is C19H20FN3O6. The van der Waals surface area contributed by atoms with Gasteiger partial charge >= 0.3 is 5.97 Å². The number of hydrogen-bond acceptors (Lipinski definition) is 6. The van der Waals surface area contributed by atoms with Crippen molar-refractivity contribution >= 4 is 29.4 Å². The molecule has 0 bridgehead atoms. The molecule has 29 heavy (non-hydrogen) atoms. The first-order chi connectivity index (χ1) is 13.8. The monoisotopic (exact) mass is 405 g/mol. The lowest BCUT2D eigenvalue weighted by Crippen LogP contribution is -2.53. The Bertz CT molecular complexity index is 921. The minimum atomic E-state index is -1.63. The standard InChI is InChI=1S/C19H20FN3O6/c1-29-7-6-23-16(26)14-12(4-5-13(24)25)22-19(15(14)17(23)27)10-8-9(20)2-3-11(10)21-18(19)28/h2-3,8,12,14-15,22H,4-7H2,1H3,(H,21,28)(H,24,25)/t12-,14+,15+,19+/m0/s1. The summed E-state index contributed by atoms with van der Waals surface area (Å²) in [5.74, 6) is -5.23. The fraction of sp³-hybridized carbons (Fsp3) is 0.474. The molecule has 2 fully saturated rings. The van der Waals surface area contributed by atoms with E-state index in [0.717, 1.165) is 4.90 Å². The predicted molar refractivity (Wildman–Crippen MR) is 96.1 cm³/mol. The molecule has 9 nitrogen and oxygen atoms in total. The van der Waals surface area contributed by atoms with Crippen molar-refractivity contribution in [3.63, 3.8) is 0 Å². The largest absolute Gasteiger partial charge is 0.481 e. The maximum atomic E-state index is 14.0. The summed E-state index contributed by atoms with van der Waals surface area (Å²) in [6.07, 6.45) is -0.193. The zero-order valence-electron chi connectivity index (χ0n) is 15.6. The van der Waals surface area contributed by atoms with Gasteiger partial charge in [0.15, 0.2) is 0 Å². The van der Waals surface area contributed by atoms with Gasteiger partial charge in [-0.2, -0.15) is 0 Å². The number of carbonyl (C=O) groups excluding carboxylic acids is 3. The van der Waals surface area contributed by atoms with Gasteiger partial charge in [0.2, 0.25) is 17.7 Å². The predicted octanol–water partition coefficient (Wildman–Crippen LogP) is 0.0573. The number of aliphatic carboxylic acids is 1. The van der Waals surface area contributed by atoms with Crippen LogP contribution in [0.5, 0.6) is 0 Å². The topological polar surface area (TPSA) is 125 Å². The van der Waals surface area contributed by atoms with Crippen LogP contribution in [0.1, 0.15) is 18.4 Å². The number of carboxylic acid groups (broad SMARTS) is 1. The molecule has 4 atom stereocenters. The molecule has 3 heterocycles. The molecule has 0 aliphatic carbocycles. The molecule has 0 aromatic heterocycles. The Balaban J connectivity index is 1.81. The van der Waals surface area contributed by atoms with Gasteiger partial charge in [-0.1, -0.05) is 0 Å². The van der Waals surface area contributed by atoms with Crippen LogP contribution in [0.15, 0.2) is 18.2 Å². The van der Waals surface area contributed by atoms with Gasteiger partial charge < -0.3 is 15.2 Å². The lowest BCUT2D eigenvalue weighted by Gasteiger charge is -2.29. The Morgan fingerprint density at radius 1 is 1.31 bits per heavy atom. The van der Waals surface area contributed by atoms with Crippen LogP contribution >= 0.6 is 0 Å². The number of rotatable bonds is 6. The van der Waals surface area contributed by atoms with Crippen LogP contribution in [0.2, 0.25) is 0 Å². The van der Waals surface area contributed by atoms with Crippen molar-refractivity contribution in [1.82, 2.24) is 10.2 Å². The van der Waals surface area contributed by atoms with Gasteiger partial charge in [0.25, 0.3) is 0 Å². The Hall–Kier alpha value is -2.85. The van der Waals surface area contributed by atoms with E-state index in [0.29, 0.717) is 5.69 Å². The molecule has 4 rings (SSSR count). The zero-order chi connectivity index (χ0) is 20.9. The molecule has 3 aliphatic rings. The van der Waals surface area contributed by atoms with Crippen molar-refractivity contribution in [2.24, 2.45) is 11.8 Å². The smallest absolute Gasteiger partial charge is 0.303 e. The molecule has 0 saturated carbocycles. The second-order valence-electron chi connectivity index (χ2n) is 7.46. The summed E-state index contributed by atoms with van der Waals surface area (Å²) in [5.41, 5.74) is -1.01. The third-order valence-electron chi connectivity index (χ3n) is 5.96. The fourth-order valence-electron chi connectivity index (χ4n) is 4.76. The average molecular weight is 405 g/mol. The summed E-state index contributed by atoms with van der Waals surface area (Å²) in [7, 11) is 1.44. The van der Waals surface area contributed by atoms with E-state index >= 15 is 0 Å². The Labute approximate surface area is 165 Å². The molecule has 0 radical (unpaired) electrons. The summed E-state index contributed by atoms with van der Waals surface area (Å²) in [4.78, 5) is 51.4. The summed E-state index contributed by atoms with van der Waals surface area (Å²) in [6, 6.07) is 3.05. The Morgan fingerprint density at radius 2 is 2.07 bits per heavy atom. The Kier molecular flexibility index (Phi) is 4.62. The Morgan fingerprint density at radius 3 is 2.76 bits per heavy atom. The summed E-state index contributed by atoms with van der Waals surface area (Å²) in [5, 5.41) is 14.8. The molecule has 1 aromatic carbocycles. The van der Waals surface area contributed by atoms with Crippen LogP contribution in [-0.4, -0.2) is 60.0 Å². The van der Waals surface area contributed by atoms with Crippen LogP contribution in [-0.2, 0) is 29.5 Å². The lowest BCUT2D eigenvalue weighted by atomic mass is 9.76. The quantitative estimate of drug-likeness (QED) is 0.572. The van der Waals surface area contributed by atoms with E-state index in [1.165, 1.54) is 25.3 Å². The highest BCUT2D eigenvalue weighted by molar-refractivity contribution is 6.15. The van der Waals surface area contributed by atoms with Crippen LogP contribution in [0.25, 0.3) is 0 Å². The first kappa shape index (κ1) is 19.5. The van der Waals surface area contributed by atoms with Gasteiger partial charge in [-0.3, -0.25) is 29.4 Å². The molecule has 3 amide bonds. The molecule has 3 N–H and O–H groups in total. The van der Waals surface area contributed by atoms with Crippen molar-refractivity contribution in [3.8, 4) is 0 Å². The molecule has 0 unspecified atom stereocenters. The minimum absolute atomic E-state index is 0.0283. The van der Waals surface area contributed by atoms with Crippen molar-refractivity contribution in [2.45, 2.75) is 24.4 Å². The van der Waals surface area contributed by atoms with E-state index in [2.05, 4.69) is 10.6 Å². The maximum absolute atomic E-state index is 14.0. The van der Waals surface area contributed by atoms with E-state index in [1.807, 2.05) is 0 Å². The van der Waals surface area contributed by atoms with E-state index in [-0.39, 0.29) is 31.6 Å². The molecule has 154 valence electrons. The lowest BCUT2D eigenvalue weighted by molar-refractivity contribution is -0.144. The molecule has 1 aromatic rings. The van der Waals surface area contributed by atoms with Crippen molar-refractivity contribution in [3.05, 3.63) is 29.6 Å². The van der Waals surface area contributed by atoms with E-state index in [9.17, 15) is 23.6 Å². The third kappa shape index (κ3) is 2.74. The maximum Gasteiger partial charge on any atom is 0.303 e. The van der Waals surface area contributed by atoms with Gasteiger partial charge in [0, 0.05) is 30.8 Å². The first-order valence-corrected chi connectivity index (χ1v) is 9.26. The van der Waals surface area contributed by atoms with Gasteiger partial charge in [-0.05, 0) is 24.6 Å². The number of imide groups is 1. The summed E-state index contributed by atoms with van der Waals surface area (Å²) in [6.45, 7) is 0.162. The summed E-state index contributed by atoms with van der Waals surface area (Å²) >= 11 is 0. The zero-order valence-corrected chi connectivity index (χ0v) is 15.6. The average Bonchev–Trinajstić information content (AvgIpc) is 3.24. The van der Waals surface area contributed by atoms with Crippen LogP contribution in [0.3, 0.4) is 0 Å². The number of anilines is 1. The number of nitrogens with zero attached hydrogens (tertiary/aromatic N) is 1. The fourth-order valence-corrected chi connectivity index (χ4v) is 4.76. The van der Waals surface area contributed by atoms with E-state index < -0.39 is 52.9 Å². The van der Waals surface area contributed by atoms with Crippen LogP contribution in [0.4, 0.5) is 10.1 Å². The van der Waals surface area contributed by atoms with Gasteiger partial charge in [0.05, 0.1) is 25.0 Å². The highest BCUT2D eigenvalue weighted by Crippen LogP contribution is 2.53. The number of amides is 3. The number of ether oxygens (including phenoxy) is 1. The number of benzene rings is 1. The van der Waals surface area contributed by atoms with Gasteiger partial charge in [-0.25, -0.2) is 4.39 Å². The first-order valence-electron chi connectivity index (χ1n) is 9.26. The summed E-state index contributed by atoms with van der Waals surface area (Å²) < 4.78 is 19.0. The van der Waals surface area contributed by atoms with Crippen molar-refractivity contribution < 1.29 is 33.4 Å². The number of carboxylic acids is 1. The molecule has 3 aliphatic heterocycles.